The van der Waals surface area contributed by atoms with Gasteiger partial charge in [0.1, 0.15) is 5.69 Å². The Bertz CT molecular complexity index is 851. The molecule has 7 nitrogen and oxygen atoms in total. The van der Waals surface area contributed by atoms with E-state index in [0.29, 0.717) is 24.3 Å². The summed E-state index contributed by atoms with van der Waals surface area (Å²) in [6, 6.07) is 10.5. The molecular weight excluding hydrogens is 334 g/mol. The highest BCUT2D eigenvalue weighted by Gasteiger charge is 2.29. The summed E-state index contributed by atoms with van der Waals surface area (Å²) in [7, 11) is 1.66. The summed E-state index contributed by atoms with van der Waals surface area (Å²) in [6.45, 7) is 0.373. The van der Waals surface area contributed by atoms with Crippen LogP contribution in [0.15, 0.2) is 42.6 Å². The van der Waals surface area contributed by atoms with Crippen molar-refractivity contribution in [2.75, 3.05) is 12.4 Å². The van der Waals surface area contributed by atoms with Crippen molar-refractivity contribution in [2.45, 2.75) is 19.4 Å². The Kier molecular flexibility index (Phi) is 4.97. The van der Waals surface area contributed by atoms with Crippen molar-refractivity contribution in [3.8, 4) is 0 Å². The molecule has 1 aliphatic rings. The number of amides is 2. The second-order valence-corrected chi connectivity index (χ2v) is 6.35. The van der Waals surface area contributed by atoms with Gasteiger partial charge in [0.05, 0.1) is 12.3 Å². The van der Waals surface area contributed by atoms with Crippen LogP contribution in [0.1, 0.15) is 28.0 Å². The zero-order valence-electron chi connectivity index (χ0n) is 14.3. The number of carboxylic acid groups (broad SMARTS) is 1. The molecule has 0 bridgehead atoms. The minimum atomic E-state index is -0.987. The fraction of sp³-hybridized carbons (Fsp3) is 0.263. The van der Waals surface area contributed by atoms with Gasteiger partial charge in [0, 0.05) is 25.5 Å². The first-order valence-electron chi connectivity index (χ1n) is 8.25. The fourth-order valence-corrected chi connectivity index (χ4v) is 3.11. The predicted molar refractivity (Wildman–Crippen MR) is 94.6 cm³/mol. The van der Waals surface area contributed by atoms with Crippen LogP contribution < -0.4 is 5.32 Å². The van der Waals surface area contributed by atoms with E-state index in [0.717, 1.165) is 11.1 Å². The maximum Gasteiger partial charge on any atom is 0.304 e. The van der Waals surface area contributed by atoms with E-state index in [2.05, 4.69) is 10.3 Å². The highest BCUT2D eigenvalue weighted by molar-refractivity contribution is 6.02. The number of aliphatic carboxylic acids is 1. The molecule has 0 saturated carbocycles. The molecule has 2 amide bonds. The number of rotatable bonds is 4. The van der Waals surface area contributed by atoms with Crippen LogP contribution in [0.5, 0.6) is 0 Å². The van der Waals surface area contributed by atoms with Crippen LogP contribution in [0.3, 0.4) is 0 Å². The van der Waals surface area contributed by atoms with Crippen molar-refractivity contribution in [3.05, 3.63) is 59.4 Å². The molecule has 1 unspecified atom stereocenters. The lowest BCUT2D eigenvalue weighted by molar-refractivity contribution is -0.143. The third-order valence-electron chi connectivity index (χ3n) is 4.38. The number of aromatic nitrogens is 1. The molecule has 3 rings (SSSR count). The van der Waals surface area contributed by atoms with Crippen LogP contribution in [0.2, 0.25) is 0 Å². The SMILES string of the molecule is CN1Cc2cc(NC(=O)c3ccccn3)ccc2CC(CC(=O)O)C1=O. The highest BCUT2D eigenvalue weighted by Crippen LogP contribution is 2.26. The van der Waals surface area contributed by atoms with Gasteiger partial charge in [-0.3, -0.25) is 19.4 Å². The Labute approximate surface area is 150 Å². The summed E-state index contributed by atoms with van der Waals surface area (Å²) in [5.41, 5.74) is 2.74. The van der Waals surface area contributed by atoms with E-state index in [1.54, 1.807) is 37.5 Å². The number of fused-ring (bicyclic) bond motifs is 1. The number of hydrogen-bond acceptors (Lipinski definition) is 4. The normalized spacial score (nSPS) is 16.6. The summed E-state index contributed by atoms with van der Waals surface area (Å²) in [6.07, 6.45) is 1.73. The lowest BCUT2D eigenvalue weighted by atomic mass is 9.94. The van der Waals surface area contributed by atoms with Crippen molar-refractivity contribution in [1.29, 1.82) is 0 Å². The van der Waals surface area contributed by atoms with Gasteiger partial charge in [-0.05, 0) is 41.8 Å². The van der Waals surface area contributed by atoms with Crippen LogP contribution in [-0.4, -0.2) is 39.8 Å². The van der Waals surface area contributed by atoms with Gasteiger partial charge in [0.2, 0.25) is 5.91 Å². The second kappa shape index (κ2) is 7.35. The molecule has 2 N–H and O–H groups in total. The van der Waals surface area contributed by atoms with E-state index in [1.807, 2.05) is 12.1 Å². The summed E-state index contributed by atoms with van der Waals surface area (Å²) in [4.78, 5) is 41.2. The molecule has 0 radical (unpaired) electrons. The number of carbonyl (C=O) groups excluding carboxylic acids is 2. The molecule has 0 saturated heterocycles. The van der Waals surface area contributed by atoms with Gasteiger partial charge in [-0.25, -0.2) is 0 Å². The molecule has 2 aromatic rings. The number of nitrogens with zero attached hydrogens (tertiary/aromatic N) is 2. The number of benzene rings is 1. The zero-order chi connectivity index (χ0) is 18.7. The number of nitrogens with one attached hydrogen (secondary N) is 1. The molecule has 7 heteroatoms. The first-order chi connectivity index (χ1) is 12.4. The van der Waals surface area contributed by atoms with Crippen LogP contribution in [0.25, 0.3) is 0 Å². The summed E-state index contributed by atoms with van der Waals surface area (Å²) < 4.78 is 0. The monoisotopic (exact) mass is 353 g/mol. The molecule has 0 aliphatic carbocycles. The van der Waals surface area contributed by atoms with Crippen LogP contribution in [-0.2, 0) is 22.6 Å². The number of anilines is 1. The van der Waals surface area contributed by atoms with Gasteiger partial charge in [-0.1, -0.05) is 12.1 Å². The van der Waals surface area contributed by atoms with Crippen LogP contribution in [0.4, 0.5) is 5.69 Å². The quantitative estimate of drug-likeness (QED) is 0.875. The van der Waals surface area contributed by atoms with Crippen molar-refractivity contribution in [2.24, 2.45) is 5.92 Å². The fourth-order valence-electron chi connectivity index (χ4n) is 3.11. The zero-order valence-corrected chi connectivity index (χ0v) is 14.3. The number of hydrogen-bond donors (Lipinski definition) is 2. The van der Waals surface area contributed by atoms with E-state index >= 15 is 0 Å². The van der Waals surface area contributed by atoms with E-state index in [1.165, 1.54) is 4.90 Å². The smallest absolute Gasteiger partial charge is 0.304 e. The van der Waals surface area contributed by atoms with E-state index in [-0.39, 0.29) is 18.2 Å². The van der Waals surface area contributed by atoms with Gasteiger partial charge >= 0.3 is 5.97 Å². The lowest BCUT2D eigenvalue weighted by Gasteiger charge is -2.18. The first-order valence-corrected chi connectivity index (χ1v) is 8.25. The molecule has 1 aromatic heterocycles. The molecule has 0 fully saturated rings. The minimum absolute atomic E-state index is 0.178. The summed E-state index contributed by atoms with van der Waals surface area (Å²) >= 11 is 0. The van der Waals surface area contributed by atoms with E-state index in [4.69, 9.17) is 5.11 Å². The Balaban J connectivity index is 1.82. The third-order valence-corrected chi connectivity index (χ3v) is 4.38. The summed E-state index contributed by atoms with van der Waals surface area (Å²) in [5.74, 6) is -2.05. The number of pyridine rings is 1. The third kappa shape index (κ3) is 3.88. The largest absolute Gasteiger partial charge is 0.481 e. The van der Waals surface area contributed by atoms with Crippen molar-refractivity contribution in [3.63, 3.8) is 0 Å². The minimum Gasteiger partial charge on any atom is -0.481 e. The number of carboxylic acids is 1. The second-order valence-electron chi connectivity index (χ2n) is 6.35. The molecule has 1 aliphatic heterocycles. The van der Waals surface area contributed by atoms with Gasteiger partial charge in [0.25, 0.3) is 5.91 Å². The molecule has 134 valence electrons. The molecule has 0 spiro atoms. The lowest BCUT2D eigenvalue weighted by Crippen LogP contribution is -2.32. The summed E-state index contributed by atoms with van der Waals surface area (Å²) in [5, 5.41) is 11.8. The van der Waals surface area contributed by atoms with E-state index < -0.39 is 11.9 Å². The predicted octanol–water partition coefficient (Wildman–Crippen LogP) is 1.94. The van der Waals surface area contributed by atoms with E-state index in [9.17, 15) is 14.4 Å². The van der Waals surface area contributed by atoms with Crippen molar-refractivity contribution >= 4 is 23.5 Å². The molecular formula is C19H19N3O4. The highest BCUT2D eigenvalue weighted by atomic mass is 16.4. The average Bonchev–Trinajstić information content (AvgIpc) is 2.73. The van der Waals surface area contributed by atoms with Crippen LogP contribution in [0, 0.1) is 5.92 Å². The molecule has 26 heavy (non-hydrogen) atoms. The topological polar surface area (TPSA) is 99.6 Å². The Hall–Kier alpha value is -3.22. The number of carbonyl (C=O) groups is 3. The average molecular weight is 353 g/mol. The van der Waals surface area contributed by atoms with Gasteiger partial charge in [0.15, 0.2) is 0 Å². The van der Waals surface area contributed by atoms with Gasteiger partial charge < -0.3 is 15.3 Å². The Morgan fingerprint density at radius 2 is 2.08 bits per heavy atom. The maximum absolute atomic E-state index is 12.4. The molecule has 2 heterocycles. The Morgan fingerprint density at radius 3 is 2.77 bits per heavy atom. The maximum atomic E-state index is 12.4. The van der Waals surface area contributed by atoms with Crippen molar-refractivity contribution < 1.29 is 19.5 Å². The Morgan fingerprint density at radius 1 is 1.27 bits per heavy atom. The van der Waals surface area contributed by atoms with Gasteiger partial charge in [-0.2, -0.15) is 0 Å². The molecule has 1 aromatic carbocycles. The standard InChI is InChI=1S/C19H19N3O4/c1-22-11-14-9-15(21-18(25)16-4-2-3-7-20-16)6-5-12(14)8-13(19(22)26)10-17(23)24/h2-7,9,13H,8,10-11H2,1H3,(H,21,25)(H,23,24). The van der Waals surface area contributed by atoms with Crippen molar-refractivity contribution in [1.82, 2.24) is 9.88 Å². The van der Waals surface area contributed by atoms with Crippen LogP contribution >= 0.6 is 0 Å². The first kappa shape index (κ1) is 17.6. The van der Waals surface area contributed by atoms with Gasteiger partial charge in [-0.15, -0.1) is 0 Å². The molecule has 1 atom stereocenters.